The molecule has 0 radical (unpaired) electrons. The zero-order valence-electron chi connectivity index (χ0n) is 15.2. The quantitative estimate of drug-likeness (QED) is 0.705. The molecule has 2 aromatic heterocycles. The average Bonchev–Trinajstić information content (AvgIpc) is 3.30. The van der Waals surface area contributed by atoms with Gasteiger partial charge in [-0.15, -0.1) is 10.2 Å². The van der Waals surface area contributed by atoms with Crippen LogP contribution in [0.2, 0.25) is 0 Å². The number of hydrogen-bond donors (Lipinski definition) is 2. The van der Waals surface area contributed by atoms with Crippen LogP contribution >= 0.6 is 0 Å². The van der Waals surface area contributed by atoms with Crippen LogP contribution in [0, 0.1) is 0 Å². The van der Waals surface area contributed by atoms with Crippen LogP contribution in [0.25, 0.3) is 0 Å². The molecule has 2 N–H and O–H groups in total. The Morgan fingerprint density at radius 1 is 1.30 bits per heavy atom. The summed E-state index contributed by atoms with van der Waals surface area (Å²) in [7, 11) is 0. The molecule has 140 valence electrons. The highest BCUT2D eigenvalue weighted by molar-refractivity contribution is 5.92. The number of nitrogens with one attached hydrogen (secondary N) is 2. The molecule has 1 amide bonds. The molecule has 0 saturated carbocycles. The number of aromatic amines is 1. The van der Waals surface area contributed by atoms with Crippen LogP contribution in [0.4, 0.5) is 0 Å². The second-order valence-corrected chi connectivity index (χ2v) is 6.76. The first-order chi connectivity index (χ1) is 13.2. The summed E-state index contributed by atoms with van der Waals surface area (Å²) in [5.41, 5.74) is 2.76. The molecule has 3 heterocycles. The van der Waals surface area contributed by atoms with E-state index < -0.39 is 0 Å². The number of tetrazole rings is 1. The zero-order chi connectivity index (χ0) is 18.6. The summed E-state index contributed by atoms with van der Waals surface area (Å²) in [4.78, 5) is 14.9. The third-order valence-corrected chi connectivity index (χ3v) is 4.67. The van der Waals surface area contributed by atoms with E-state index in [0.717, 1.165) is 38.3 Å². The van der Waals surface area contributed by atoms with E-state index in [1.807, 2.05) is 23.7 Å². The van der Waals surface area contributed by atoms with E-state index in [1.54, 1.807) is 0 Å². The van der Waals surface area contributed by atoms with Crippen molar-refractivity contribution in [2.24, 2.45) is 0 Å². The summed E-state index contributed by atoms with van der Waals surface area (Å²) < 4.78 is 1.94. The number of carbonyl (C=O) groups excluding carboxylic acids is 1. The third kappa shape index (κ3) is 4.03. The molecule has 3 aromatic rings. The SMILES string of the molecule is CC(NC(=O)c1cc2n(n1)CCCN(Cc1ccccc1)C2)c1nn[nH]n1. The number of aryl methyl sites for hydroxylation is 1. The summed E-state index contributed by atoms with van der Waals surface area (Å²) in [5.74, 6) is 0.209. The van der Waals surface area contributed by atoms with Gasteiger partial charge in [0, 0.05) is 26.2 Å². The number of rotatable bonds is 5. The Labute approximate surface area is 156 Å². The Bertz CT molecular complexity index is 889. The van der Waals surface area contributed by atoms with Crippen LogP contribution in [-0.4, -0.2) is 47.8 Å². The van der Waals surface area contributed by atoms with Gasteiger partial charge in [-0.2, -0.15) is 10.3 Å². The molecule has 1 aliphatic rings. The lowest BCUT2D eigenvalue weighted by atomic mass is 10.2. The van der Waals surface area contributed by atoms with Crippen LogP contribution in [-0.2, 0) is 19.6 Å². The molecule has 0 aliphatic carbocycles. The summed E-state index contributed by atoms with van der Waals surface area (Å²) in [5, 5.41) is 21.1. The normalized spacial score (nSPS) is 15.7. The monoisotopic (exact) mass is 366 g/mol. The molecular formula is C18H22N8O. The molecule has 0 bridgehead atoms. The van der Waals surface area contributed by atoms with Crippen LogP contribution in [0.3, 0.4) is 0 Å². The predicted molar refractivity (Wildman–Crippen MR) is 97.5 cm³/mol. The van der Waals surface area contributed by atoms with Crippen molar-refractivity contribution in [2.45, 2.75) is 39.0 Å². The van der Waals surface area contributed by atoms with Crippen LogP contribution in [0.15, 0.2) is 36.4 Å². The molecular weight excluding hydrogens is 344 g/mol. The number of carbonyl (C=O) groups is 1. The van der Waals surface area contributed by atoms with Gasteiger partial charge in [0.2, 0.25) is 0 Å². The highest BCUT2D eigenvalue weighted by Gasteiger charge is 2.21. The van der Waals surface area contributed by atoms with Gasteiger partial charge >= 0.3 is 0 Å². The Hall–Kier alpha value is -3.07. The summed E-state index contributed by atoms with van der Waals surface area (Å²) in [6.07, 6.45) is 1.00. The van der Waals surface area contributed by atoms with Crippen molar-refractivity contribution in [2.75, 3.05) is 6.54 Å². The van der Waals surface area contributed by atoms with Crippen molar-refractivity contribution in [3.63, 3.8) is 0 Å². The molecule has 1 aromatic carbocycles. The summed E-state index contributed by atoms with van der Waals surface area (Å²) in [6.45, 7) is 5.30. The second kappa shape index (κ2) is 7.67. The fraction of sp³-hybridized carbons (Fsp3) is 0.389. The maximum Gasteiger partial charge on any atom is 0.272 e. The third-order valence-electron chi connectivity index (χ3n) is 4.67. The first kappa shape index (κ1) is 17.3. The van der Waals surface area contributed by atoms with Gasteiger partial charge in [-0.25, -0.2) is 0 Å². The lowest BCUT2D eigenvalue weighted by Gasteiger charge is -2.19. The highest BCUT2D eigenvalue weighted by Crippen LogP contribution is 2.17. The summed E-state index contributed by atoms with van der Waals surface area (Å²) >= 11 is 0. The largest absolute Gasteiger partial charge is 0.341 e. The van der Waals surface area contributed by atoms with Crippen LogP contribution < -0.4 is 5.32 Å². The Kier molecular flexibility index (Phi) is 4.93. The summed E-state index contributed by atoms with van der Waals surface area (Å²) in [6, 6.07) is 12.0. The van der Waals surface area contributed by atoms with Crippen molar-refractivity contribution in [3.05, 3.63) is 59.2 Å². The van der Waals surface area contributed by atoms with Crippen molar-refractivity contribution in [1.29, 1.82) is 0 Å². The number of fused-ring (bicyclic) bond motifs is 1. The van der Waals surface area contributed by atoms with Crippen molar-refractivity contribution >= 4 is 5.91 Å². The van der Waals surface area contributed by atoms with E-state index in [-0.39, 0.29) is 11.9 Å². The number of H-pyrrole nitrogens is 1. The smallest absolute Gasteiger partial charge is 0.272 e. The van der Waals surface area contributed by atoms with Crippen molar-refractivity contribution in [3.8, 4) is 0 Å². The highest BCUT2D eigenvalue weighted by atomic mass is 16.2. The maximum atomic E-state index is 12.5. The Morgan fingerprint density at radius 2 is 2.15 bits per heavy atom. The molecule has 1 unspecified atom stereocenters. The van der Waals surface area contributed by atoms with E-state index in [2.05, 4.69) is 60.2 Å². The van der Waals surface area contributed by atoms with Gasteiger partial charge in [-0.05, 0) is 25.0 Å². The van der Waals surface area contributed by atoms with Gasteiger partial charge in [-0.3, -0.25) is 14.4 Å². The minimum absolute atomic E-state index is 0.234. The minimum Gasteiger partial charge on any atom is -0.341 e. The van der Waals surface area contributed by atoms with E-state index >= 15 is 0 Å². The van der Waals surface area contributed by atoms with Crippen molar-refractivity contribution < 1.29 is 4.79 Å². The van der Waals surface area contributed by atoms with Gasteiger partial charge in [0.15, 0.2) is 11.5 Å². The van der Waals surface area contributed by atoms with E-state index in [1.165, 1.54) is 5.56 Å². The molecule has 0 saturated heterocycles. The van der Waals surface area contributed by atoms with Gasteiger partial charge < -0.3 is 5.32 Å². The first-order valence-corrected chi connectivity index (χ1v) is 9.06. The zero-order valence-corrected chi connectivity index (χ0v) is 15.2. The number of aromatic nitrogens is 6. The first-order valence-electron chi connectivity index (χ1n) is 9.06. The van der Waals surface area contributed by atoms with Gasteiger partial charge in [-0.1, -0.05) is 35.5 Å². The molecule has 0 fully saturated rings. The van der Waals surface area contributed by atoms with Gasteiger partial charge in [0.25, 0.3) is 5.91 Å². The number of hydrogen-bond acceptors (Lipinski definition) is 6. The second-order valence-electron chi connectivity index (χ2n) is 6.76. The lowest BCUT2D eigenvalue weighted by Crippen LogP contribution is -2.28. The average molecular weight is 366 g/mol. The molecule has 1 aliphatic heterocycles. The van der Waals surface area contributed by atoms with E-state index in [4.69, 9.17) is 0 Å². The topological polar surface area (TPSA) is 105 Å². The van der Waals surface area contributed by atoms with Gasteiger partial charge in [0.1, 0.15) is 0 Å². The van der Waals surface area contributed by atoms with Gasteiger partial charge in [0.05, 0.1) is 11.7 Å². The molecule has 4 rings (SSSR count). The van der Waals surface area contributed by atoms with E-state index in [0.29, 0.717) is 11.5 Å². The number of amides is 1. The predicted octanol–water partition coefficient (Wildman–Crippen LogP) is 1.29. The number of benzene rings is 1. The Balaban J connectivity index is 1.44. The van der Waals surface area contributed by atoms with Crippen molar-refractivity contribution in [1.82, 2.24) is 40.6 Å². The lowest BCUT2D eigenvalue weighted by molar-refractivity contribution is 0.0932. The van der Waals surface area contributed by atoms with Crippen LogP contribution in [0.1, 0.15) is 47.0 Å². The Morgan fingerprint density at radius 3 is 2.93 bits per heavy atom. The van der Waals surface area contributed by atoms with Crippen LogP contribution in [0.5, 0.6) is 0 Å². The molecule has 0 spiro atoms. The van der Waals surface area contributed by atoms with E-state index in [9.17, 15) is 4.79 Å². The molecule has 1 atom stereocenters. The fourth-order valence-corrected chi connectivity index (χ4v) is 3.30. The number of nitrogens with zero attached hydrogens (tertiary/aromatic N) is 6. The minimum atomic E-state index is -0.340. The molecule has 27 heavy (non-hydrogen) atoms. The standard InChI is InChI=1S/C18H22N8O/c1-13(17-20-23-24-21-17)19-18(27)16-10-15-12-25(8-5-9-26(15)22-16)11-14-6-3-2-4-7-14/h2-4,6-7,10,13H,5,8-9,11-12H2,1H3,(H,19,27)(H,20,21,23,24). The maximum absolute atomic E-state index is 12.5. The molecule has 9 heteroatoms. The molecule has 9 nitrogen and oxygen atoms in total. The fourth-order valence-electron chi connectivity index (χ4n) is 3.30.